The number of nitrogens with two attached hydrogens (primary N) is 1. The van der Waals surface area contributed by atoms with Crippen molar-refractivity contribution in [3.05, 3.63) is 22.7 Å². The van der Waals surface area contributed by atoms with Crippen molar-refractivity contribution >= 4 is 27.3 Å². The van der Waals surface area contributed by atoms with Gasteiger partial charge in [-0.3, -0.25) is 0 Å². The summed E-state index contributed by atoms with van der Waals surface area (Å²) in [5.41, 5.74) is 7.83. The average molecular weight is 297 g/mol. The summed E-state index contributed by atoms with van der Waals surface area (Å²) < 4.78 is 1.04. The third-order valence-corrected chi connectivity index (χ3v) is 4.10. The first-order chi connectivity index (χ1) is 8.25. The molecular formula is C14H21BrN2. The monoisotopic (exact) mass is 296 g/mol. The van der Waals surface area contributed by atoms with Gasteiger partial charge < -0.3 is 11.1 Å². The molecule has 1 aliphatic rings. The molecule has 0 spiro atoms. The minimum atomic E-state index is 0.822. The third-order valence-electron chi connectivity index (χ3n) is 3.61. The zero-order chi connectivity index (χ0) is 12.1. The standard InChI is InChI=1S/C14H21BrN2/c15-12-6-7-14(13(16)10-12)17-9-8-11-4-2-1-3-5-11/h6-7,10-11,17H,1-5,8-9,16H2. The first kappa shape index (κ1) is 12.7. The Hall–Kier alpha value is -0.700. The lowest BCUT2D eigenvalue weighted by Gasteiger charge is -2.21. The van der Waals surface area contributed by atoms with E-state index in [4.69, 9.17) is 5.73 Å². The molecule has 0 bridgehead atoms. The molecule has 1 aliphatic carbocycles. The van der Waals surface area contributed by atoms with Crippen molar-refractivity contribution in [1.29, 1.82) is 0 Å². The molecule has 1 aromatic carbocycles. The van der Waals surface area contributed by atoms with Gasteiger partial charge in [-0.1, -0.05) is 48.0 Å². The van der Waals surface area contributed by atoms with Crippen LogP contribution in [0.5, 0.6) is 0 Å². The molecule has 1 aromatic rings. The van der Waals surface area contributed by atoms with Crippen LogP contribution in [0.25, 0.3) is 0 Å². The zero-order valence-electron chi connectivity index (χ0n) is 10.2. The molecular weight excluding hydrogens is 276 g/mol. The molecule has 17 heavy (non-hydrogen) atoms. The van der Waals surface area contributed by atoms with E-state index >= 15 is 0 Å². The SMILES string of the molecule is Nc1cc(Br)ccc1NCCC1CCCCC1. The first-order valence-corrected chi connectivity index (χ1v) is 7.34. The summed E-state index contributed by atoms with van der Waals surface area (Å²) in [6, 6.07) is 6.02. The zero-order valence-corrected chi connectivity index (χ0v) is 11.8. The maximum atomic E-state index is 5.95. The number of hydrogen-bond donors (Lipinski definition) is 2. The van der Waals surface area contributed by atoms with Crippen molar-refractivity contribution in [2.75, 3.05) is 17.6 Å². The Morgan fingerprint density at radius 2 is 2.00 bits per heavy atom. The number of nitrogens with one attached hydrogen (secondary N) is 1. The second kappa shape index (κ2) is 6.29. The largest absolute Gasteiger partial charge is 0.397 e. The first-order valence-electron chi connectivity index (χ1n) is 6.54. The van der Waals surface area contributed by atoms with E-state index in [1.807, 2.05) is 18.2 Å². The molecule has 0 atom stereocenters. The minimum absolute atomic E-state index is 0.822. The normalized spacial score (nSPS) is 17.0. The van der Waals surface area contributed by atoms with E-state index in [9.17, 15) is 0 Å². The van der Waals surface area contributed by atoms with Crippen molar-refractivity contribution in [1.82, 2.24) is 0 Å². The van der Waals surface area contributed by atoms with Gasteiger partial charge in [-0.25, -0.2) is 0 Å². The smallest absolute Gasteiger partial charge is 0.0574 e. The van der Waals surface area contributed by atoms with Gasteiger partial charge in [0.05, 0.1) is 11.4 Å². The van der Waals surface area contributed by atoms with Crippen LogP contribution in [0.3, 0.4) is 0 Å². The molecule has 2 nitrogen and oxygen atoms in total. The topological polar surface area (TPSA) is 38.0 Å². The Morgan fingerprint density at radius 3 is 2.71 bits per heavy atom. The summed E-state index contributed by atoms with van der Waals surface area (Å²) in [6.45, 7) is 1.04. The second-order valence-corrected chi connectivity index (χ2v) is 5.87. The molecule has 1 saturated carbocycles. The molecule has 0 aliphatic heterocycles. The maximum Gasteiger partial charge on any atom is 0.0574 e. The van der Waals surface area contributed by atoms with Gasteiger partial charge >= 0.3 is 0 Å². The van der Waals surface area contributed by atoms with E-state index < -0.39 is 0 Å². The highest BCUT2D eigenvalue weighted by atomic mass is 79.9. The molecule has 1 fully saturated rings. The van der Waals surface area contributed by atoms with Gasteiger partial charge in [0.2, 0.25) is 0 Å². The summed E-state index contributed by atoms with van der Waals surface area (Å²) >= 11 is 3.42. The Labute approximate surface area is 112 Å². The van der Waals surface area contributed by atoms with E-state index in [0.29, 0.717) is 0 Å². The average Bonchev–Trinajstić information content (AvgIpc) is 2.33. The van der Waals surface area contributed by atoms with Crippen LogP contribution in [0, 0.1) is 5.92 Å². The Balaban J connectivity index is 1.77. The van der Waals surface area contributed by atoms with Crippen molar-refractivity contribution in [3.8, 4) is 0 Å². The van der Waals surface area contributed by atoms with E-state index in [-0.39, 0.29) is 0 Å². The summed E-state index contributed by atoms with van der Waals surface area (Å²) in [4.78, 5) is 0. The molecule has 94 valence electrons. The molecule has 0 radical (unpaired) electrons. The molecule has 0 saturated heterocycles. The van der Waals surface area contributed by atoms with Crippen LogP contribution >= 0.6 is 15.9 Å². The van der Waals surface area contributed by atoms with E-state index in [0.717, 1.165) is 28.3 Å². The van der Waals surface area contributed by atoms with Crippen LogP contribution in [0.1, 0.15) is 38.5 Å². The summed E-state index contributed by atoms with van der Waals surface area (Å²) in [7, 11) is 0. The molecule has 3 N–H and O–H groups in total. The van der Waals surface area contributed by atoms with Gasteiger partial charge in [-0.2, -0.15) is 0 Å². The van der Waals surface area contributed by atoms with Crippen LogP contribution in [-0.4, -0.2) is 6.54 Å². The lowest BCUT2D eigenvalue weighted by Crippen LogP contribution is -2.12. The molecule has 0 unspecified atom stereocenters. The number of nitrogen functional groups attached to an aromatic ring is 1. The van der Waals surface area contributed by atoms with Gasteiger partial charge in [-0.15, -0.1) is 0 Å². The Morgan fingerprint density at radius 1 is 1.24 bits per heavy atom. The van der Waals surface area contributed by atoms with Crippen LogP contribution in [0.2, 0.25) is 0 Å². The fourth-order valence-corrected chi connectivity index (χ4v) is 2.96. The van der Waals surface area contributed by atoms with E-state index in [1.54, 1.807) is 0 Å². The molecule has 0 heterocycles. The number of hydrogen-bond acceptors (Lipinski definition) is 2. The highest BCUT2D eigenvalue weighted by molar-refractivity contribution is 9.10. The second-order valence-electron chi connectivity index (χ2n) is 4.95. The van der Waals surface area contributed by atoms with Crippen LogP contribution in [0.4, 0.5) is 11.4 Å². The van der Waals surface area contributed by atoms with E-state index in [2.05, 4.69) is 21.2 Å². The Bertz CT molecular complexity index is 359. The lowest BCUT2D eigenvalue weighted by molar-refractivity contribution is 0.345. The van der Waals surface area contributed by atoms with Crippen molar-refractivity contribution in [3.63, 3.8) is 0 Å². The number of benzene rings is 1. The van der Waals surface area contributed by atoms with E-state index in [1.165, 1.54) is 38.5 Å². The minimum Gasteiger partial charge on any atom is -0.397 e. The van der Waals surface area contributed by atoms with Gasteiger partial charge in [-0.05, 0) is 30.5 Å². The highest BCUT2D eigenvalue weighted by Crippen LogP contribution is 2.27. The molecule has 0 amide bonds. The number of rotatable bonds is 4. The fraction of sp³-hybridized carbons (Fsp3) is 0.571. The predicted molar refractivity (Wildman–Crippen MR) is 78.2 cm³/mol. The summed E-state index contributed by atoms with van der Waals surface area (Å²) in [6.07, 6.45) is 8.38. The molecule has 0 aromatic heterocycles. The van der Waals surface area contributed by atoms with Crippen molar-refractivity contribution < 1.29 is 0 Å². The van der Waals surface area contributed by atoms with Gasteiger partial charge in [0.15, 0.2) is 0 Å². The molecule has 3 heteroatoms. The van der Waals surface area contributed by atoms with Crippen LogP contribution in [0.15, 0.2) is 22.7 Å². The quantitative estimate of drug-likeness (QED) is 0.808. The Kier molecular flexibility index (Phi) is 4.72. The lowest BCUT2D eigenvalue weighted by atomic mass is 9.87. The fourth-order valence-electron chi connectivity index (χ4n) is 2.58. The van der Waals surface area contributed by atoms with Gasteiger partial charge in [0, 0.05) is 11.0 Å². The van der Waals surface area contributed by atoms with Gasteiger partial charge in [0.1, 0.15) is 0 Å². The highest BCUT2D eigenvalue weighted by Gasteiger charge is 2.12. The summed E-state index contributed by atoms with van der Waals surface area (Å²) in [5.74, 6) is 0.924. The summed E-state index contributed by atoms with van der Waals surface area (Å²) in [5, 5.41) is 3.44. The van der Waals surface area contributed by atoms with Crippen molar-refractivity contribution in [2.45, 2.75) is 38.5 Å². The predicted octanol–water partition coefficient (Wildman–Crippen LogP) is 4.41. The van der Waals surface area contributed by atoms with Gasteiger partial charge in [0.25, 0.3) is 0 Å². The number of halogens is 1. The van der Waals surface area contributed by atoms with Crippen LogP contribution in [-0.2, 0) is 0 Å². The van der Waals surface area contributed by atoms with Crippen LogP contribution < -0.4 is 11.1 Å². The molecule has 2 rings (SSSR count). The van der Waals surface area contributed by atoms with Crippen molar-refractivity contribution in [2.24, 2.45) is 5.92 Å². The number of anilines is 2. The third kappa shape index (κ3) is 3.91. The maximum absolute atomic E-state index is 5.95.